The first-order valence-electron chi connectivity index (χ1n) is 2.80. The summed E-state index contributed by atoms with van der Waals surface area (Å²) in [6.45, 7) is 0. The molecule has 5 heteroatoms. The Morgan fingerprint density at radius 1 is 1.36 bits per heavy atom. The molecule has 1 aromatic carbocycles. The fourth-order valence-corrected chi connectivity index (χ4v) is 0.958. The lowest BCUT2D eigenvalue weighted by molar-refractivity contribution is 0.628. The fourth-order valence-electron chi connectivity index (χ4n) is 0.642. The van der Waals surface area contributed by atoms with Gasteiger partial charge in [0.25, 0.3) is 0 Å². The van der Waals surface area contributed by atoms with Gasteiger partial charge in [-0.2, -0.15) is 0 Å². The molecule has 0 aliphatic rings. The number of hydrazine groups is 1. The Bertz CT molecular complexity index is 254. The molecule has 0 atom stereocenters. The van der Waals surface area contributed by atoms with Crippen molar-refractivity contribution in [1.29, 1.82) is 0 Å². The fraction of sp³-hybridized carbons (Fsp3) is 0. The zero-order valence-corrected chi connectivity index (χ0v) is 6.88. The molecular weight excluding hydrogens is 190 g/mol. The minimum Gasteiger partial charge on any atom is -0.306 e. The molecule has 0 unspecified atom stereocenters. The Balaban J connectivity index is 2.90. The van der Waals surface area contributed by atoms with Gasteiger partial charge in [-0.15, -0.1) is 4.94 Å². The van der Waals surface area contributed by atoms with Gasteiger partial charge in [-0.3, -0.25) is 0 Å². The molecule has 1 rings (SSSR count). The lowest BCUT2D eigenvalue weighted by Gasteiger charge is -2.03. The van der Waals surface area contributed by atoms with Crippen LogP contribution >= 0.6 is 23.4 Å². The smallest absolute Gasteiger partial charge is 0.124 e. The van der Waals surface area contributed by atoms with E-state index in [0.29, 0.717) is 5.69 Å². The summed E-state index contributed by atoms with van der Waals surface area (Å²) in [5.74, 6) is -0.380. The molecule has 60 valence electrons. The van der Waals surface area contributed by atoms with E-state index in [1.165, 1.54) is 18.2 Å². The van der Waals surface area contributed by atoms with Crippen molar-refractivity contribution in [3.8, 4) is 0 Å². The molecule has 0 aromatic heterocycles. The zero-order chi connectivity index (χ0) is 8.27. The van der Waals surface area contributed by atoms with Gasteiger partial charge in [-0.05, 0) is 30.0 Å². The summed E-state index contributed by atoms with van der Waals surface area (Å²) in [4.78, 5) is 2.16. The third kappa shape index (κ3) is 2.22. The molecule has 2 N–H and O–H groups in total. The van der Waals surface area contributed by atoms with E-state index in [0.717, 1.165) is 0 Å². The van der Waals surface area contributed by atoms with Gasteiger partial charge in [-0.1, -0.05) is 11.6 Å². The second-order valence-corrected chi connectivity index (χ2v) is 2.44. The van der Waals surface area contributed by atoms with E-state index in [1.807, 2.05) is 0 Å². The molecule has 0 aliphatic heterocycles. The van der Waals surface area contributed by atoms with E-state index in [9.17, 15) is 4.39 Å². The maximum absolute atomic E-state index is 12.4. The Morgan fingerprint density at radius 3 is 2.64 bits per heavy atom. The van der Waals surface area contributed by atoms with Crippen molar-refractivity contribution in [2.45, 2.75) is 0 Å². The van der Waals surface area contributed by atoms with Crippen LogP contribution in [-0.4, -0.2) is 0 Å². The molecule has 0 spiro atoms. The highest BCUT2D eigenvalue weighted by molar-refractivity contribution is 6.33. The summed E-state index contributed by atoms with van der Waals surface area (Å²) in [7, 11) is 0. The average molecular weight is 195 g/mol. The Hall–Kier alpha value is -0.510. The first kappa shape index (κ1) is 8.59. The summed E-state index contributed by atoms with van der Waals surface area (Å²) in [5, 5.41) is 0.276. The highest BCUT2D eigenvalue weighted by Gasteiger charge is 1.99. The van der Waals surface area contributed by atoms with Crippen molar-refractivity contribution >= 4 is 29.1 Å². The van der Waals surface area contributed by atoms with Gasteiger partial charge in [0.2, 0.25) is 0 Å². The van der Waals surface area contributed by atoms with E-state index in [4.69, 9.17) is 23.4 Å². The normalized spacial score (nSPS) is 9.73. The van der Waals surface area contributed by atoms with Crippen molar-refractivity contribution in [1.82, 2.24) is 4.94 Å². The van der Waals surface area contributed by atoms with Gasteiger partial charge in [0.05, 0.1) is 10.7 Å². The maximum Gasteiger partial charge on any atom is 0.124 e. The Kier molecular flexibility index (Phi) is 2.93. The van der Waals surface area contributed by atoms with Crippen LogP contribution in [0.4, 0.5) is 10.1 Å². The lowest BCUT2D eigenvalue weighted by atomic mass is 10.3. The van der Waals surface area contributed by atoms with E-state index in [1.54, 1.807) is 0 Å². The lowest BCUT2D eigenvalue weighted by Crippen LogP contribution is -2.08. The molecule has 1 aromatic rings. The van der Waals surface area contributed by atoms with E-state index in [2.05, 4.69) is 10.4 Å². The Morgan fingerprint density at radius 2 is 2.09 bits per heavy atom. The molecule has 0 saturated heterocycles. The molecular formula is C6H5Cl2FN2. The van der Waals surface area contributed by atoms with Crippen LogP contribution in [0.15, 0.2) is 18.2 Å². The number of rotatable bonds is 2. The molecule has 0 aliphatic carbocycles. The predicted octanol–water partition coefficient (Wildman–Crippen LogP) is 2.55. The molecule has 0 amide bonds. The molecule has 0 heterocycles. The second kappa shape index (κ2) is 3.76. The van der Waals surface area contributed by atoms with Gasteiger partial charge >= 0.3 is 0 Å². The molecule has 11 heavy (non-hydrogen) atoms. The SMILES string of the molecule is Fc1ccc(NNCl)c(Cl)c1. The van der Waals surface area contributed by atoms with Gasteiger partial charge in [0.1, 0.15) is 5.82 Å². The van der Waals surface area contributed by atoms with Gasteiger partial charge < -0.3 is 5.43 Å². The van der Waals surface area contributed by atoms with Crippen molar-refractivity contribution in [2.24, 2.45) is 0 Å². The molecule has 0 saturated carbocycles. The summed E-state index contributed by atoms with van der Waals surface area (Å²) >= 11 is 10.7. The van der Waals surface area contributed by atoms with Crippen LogP contribution in [0.2, 0.25) is 5.02 Å². The van der Waals surface area contributed by atoms with Crippen LogP contribution in [0.5, 0.6) is 0 Å². The first-order valence-corrected chi connectivity index (χ1v) is 3.56. The first-order chi connectivity index (χ1) is 5.24. The van der Waals surface area contributed by atoms with Crippen LogP contribution < -0.4 is 10.4 Å². The second-order valence-electron chi connectivity index (χ2n) is 1.84. The van der Waals surface area contributed by atoms with Crippen molar-refractivity contribution in [3.05, 3.63) is 29.0 Å². The van der Waals surface area contributed by atoms with Gasteiger partial charge in [0, 0.05) is 0 Å². The standard InChI is InChI=1S/C6H5Cl2FN2/c7-5-3-4(9)1-2-6(5)10-11-8/h1-3,10-11H. The number of hydrogen-bond donors (Lipinski definition) is 2. The molecule has 0 radical (unpaired) electrons. The minimum atomic E-state index is -0.380. The number of anilines is 1. The zero-order valence-electron chi connectivity index (χ0n) is 5.37. The number of benzene rings is 1. The highest BCUT2D eigenvalue weighted by Crippen LogP contribution is 2.21. The average Bonchev–Trinajstić information content (AvgIpc) is 1.95. The summed E-state index contributed by atoms with van der Waals surface area (Å²) < 4.78 is 12.4. The third-order valence-corrected chi connectivity index (χ3v) is 1.52. The predicted molar refractivity (Wildman–Crippen MR) is 44.0 cm³/mol. The van der Waals surface area contributed by atoms with Crippen LogP contribution in [-0.2, 0) is 0 Å². The monoisotopic (exact) mass is 194 g/mol. The van der Waals surface area contributed by atoms with Crippen LogP contribution in [0.3, 0.4) is 0 Å². The summed E-state index contributed by atoms with van der Waals surface area (Å²) in [6, 6.07) is 3.95. The Labute approximate surface area is 73.4 Å². The van der Waals surface area contributed by atoms with Gasteiger partial charge in [0.15, 0.2) is 0 Å². The van der Waals surface area contributed by atoms with Crippen LogP contribution in [0.1, 0.15) is 0 Å². The summed E-state index contributed by atoms with van der Waals surface area (Å²) in [6.07, 6.45) is 0. The quantitative estimate of drug-likeness (QED) is 0.559. The van der Waals surface area contributed by atoms with E-state index in [-0.39, 0.29) is 10.8 Å². The molecule has 0 fully saturated rings. The van der Waals surface area contributed by atoms with Crippen molar-refractivity contribution < 1.29 is 4.39 Å². The van der Waals surface area contributed by atoms with Crippen LogP contribution in [0, 0.1) is 5.82 Å². The van der Waals surface area contributed by atoms with Crippen molar-refractivity contribution in [2.75, 3.05) is 5.43 Å². The number of nitrogens with one attached hydrogen (secondary N) is 2. The number of halogens is 3. The maximum atomic E-state index is 12.4. The van der Waals surface area contributed by atoms with Crippen molar-refractivity contribution in [3.63, 3.8) is 0 Å². The summed E-state index contributed by atoms with van der Waals surface area (Å²) in [5.41, 5.74) is 3.05. The molecule has 2 nitrogen and oxygen atoms in total. The third-order valence-electron chi connectivity index (χ3n) is 1.11. The largest absolute Gasteiger partial charge is 0.306 e. The topological polar surface area (TPSA) is 24.1 Å². The minimum absolute atomic E-state index is 0.276. The highest BCUT2D eigenvalue weighted by atomic mass is 35.5. The van der Waals surface area contributed by atoms with Gasteiger partial charge in [-0.25, -0.2) is 4.39 Å². The molecule has 0 bridgehead atoms. The van der Waals surface area contributed by atoms with Crippen LogP contribution in [0.25, 0.3) is 0 Å². The van der Waals surface area contributed by atoms with E-state index < -0.39 is 0 Å². The van der Waals surface area contributed by atoms with E-state index >= 15 is 0 Å². The number of hydrogen-bond acceptors (Lipinski definition) is 2.